The molecule has 0 radical (unpaired) electrons. The van der Waals surface area contributed by atoms with E-state index in [4.69, 9.17) is 14.2 Å². The summed E-state index contributed by atoms with van der Waals surface area (Å²) in [5, 5.41) is 3.46. The molecule has 0 unspecified atom stereocenters. The molecule has 2 aromatic rings. The summed E-state index contributed by atoms with van der Waals surface area (Å²) in [7, 11) is 1.66. The third-order valence-electron chi connectivity index (χ3n) is 3.81. The fourth-order valence-corrected chi connectivity index (χ4v) is 3.02. The van der Waals surface area contributed by atoms with Crippen molar-refractivity contribution in [3.8, 4) is 11.5 Å². The van der Waals surface area contributed by atoms with E-state index < -0.39 is 0 Å². The van der Waals surface area contributed by atoms with Crippen molar-refractivity contribution < 1.29 is 14.2 Å². The van der Waals surface area contributed by atoms with Crippen molar-refractivity contribution in [1.29, 1.82) is 0 Å². The van der Waals surface area contributed by atoms with Crippen LogP contribution in [0.4, 0.5) is 0 Å². The number of hydrogen-bond donors (Lipinski definition) is 1. The van der Waals surface area contributed by atoms with Crippen LogP contribution in [0, 0.1) is 0 Å². The normalized spacial score (nSPS) is 10.6. The maximum absolute atomic E-state index is 6.10. The molecule has 4 nitrogen and oxygen atoms in total. The Kier molecular flexibility index (Phi) is 11.4. The summed E-state index contributed by atoms with van der Waals surface area (Å²) in [6, 6.07) is 14.1. The summed E-state index contributed by atoms with van der Waals surface area (Å²) in [5.74, 6) is 1.51. The van der Waals surface area contributed by atoms with Crippen molar-refractivity contribution in [2.45, 2.75) is 39.5 Å². The Labute approximate surface area is 177 Å². The minimum atomic E-state index is 0. The van der Waals surface area contributed by atoms with E-state index in [1.807, 2.05) is 24.3 Å². The van der Waals surface area contributed by atoms with Gasteiger partial charge in [0.1, 0.15) is 6.61 Å². The zero-order valence-corrected chi connectivity index (χ0v) is 18.6. The Morgan fingerprint density at radius 1 is 1.11 bits per heavy atom. The molecule has 0 saturated carbocycles. The van der Waals surface area contributed by atoms with Crippen LogP contribution in [0.25, 0.3) is 0 Å². The number of hydrogen-bond acceptors (Lipinski definition) is 4. The van der Waals surface area contributed by atoms with Gasteiger partial charge in [-0.05, 0) is 44.5 Å². The van der Waals surface area contributed by atoms with E-state index in [1.165, 1.54) is 0 Å². The van der Waals surface area contributed by atoms with Crippen molar-refractivity contribution in [3.05, 3.63) is 58.1 Å². The van der Waals surface area contributed by atoms with Crippen LogP contribution >= 0.6 is 28.3 Å². The first-order chi connectivity index (χ1) is 12.6. The van der Waals surface area contributed by atoms with Crippen LogP contribution < -0.4 is 14.8 Å². The molecule has 0 aliphatic heterocycles. The highest BCUT2D eigenvalue weighted by atomic mass is 79.9. The molecule has 6 heteroatoms. The van der Waals surface area contributed by atoms with Crippen molar-refractivity contribution in [1.82, 2.24) is 5.32 Å². The van der Waals surface area contributed by atoms with Gasteiger partial charge in [-0.3, -0.25) is 0 Å². The average molecular weight is 459 g/mol. The van der Waals surface area contributed by atoms with E-state index in [0.29, 0.717) is 13.2 Å². The van der Waals surface area contributed by atoms with Gasteiger partial charge in [0.2, 0.25) is 0 Å². The molecule has 150 valence electrons. The maximum atomic E-state index is 6.10. The summed E-state index contributed by atoms with van der Waals surface area (Å²) in [5.41, 5.74) is 2.19. The van der Waals surface area contributed by atoms with Crippen LogP contribution in [0.2, 0.25) is 0 Å². The van der Waals surface area contributed by atoms with E-state index in [9.17, 15) is 0 Å². The predicted molar refractivity (Wildman–Crippen MR) is 116 cm³/mol. The summed E-state index contributed by atoms with van der Waals surface area (Å²) < 4.78 is 18.2. The first-order valence-corrected chi connectivity index (χ1v) is 9.75. The molecule has 0 amide bonds. The van der Waals surface area contributed by atoms with E-state index in [2.05, 4.69) is 53.3 Å². The van der Waals surface area contributed by atoms with Gasteiger partial charge >= 0.3 is 0 Å². The van der Waals surface area contributed by atoms with Crippen LogP contribution in [0.3, 0.4) is 0 Å². The lowest BCUT2D eigenvalue weighted by Crippen LogP contribution is -2.18. The van der Waals surface area contributed by atoms with E-state index in [-0.39, 0.29) is 18.5 Å². The lowest BCUT2D eigenvalue weighted by Gasteiger charge is -2.17. The summed E-state index contributed by atoms with van der Waals surface area (Å²) in [6.07, 6.45) is 1.26. The molecule has 0 saturated heterocycles. The molecule has 27 heavy (non-hydrogen) atoms. The van der Waals surface area contributed by atoms with Gasteiger partial charge in [0, 0.05) is 23.2 Å². The Hall–Kier alpha value is -1.27. The van der Waals surface area contributed by atoms with Gasteiger partial charge < -0.3 is 19.5 Å². The summed E-state index contributed by atoms with van der Waals surface area (Å²) in [6.45, 7) is 6.98. The minimum Gasteiger partial charge on any atom is -0.493 e. The summed E-state index contributed by atoms with van der Waals surface area (Å²) in [4.78, 5) is 0. The van der Waals surface area contributed by atoms with Crippen LogP contribution in [-0.4, -0.2) is 26.4 Å². The van der Waals surface area contributed by atoms with Crippen molar-refractivity contribution in [2.75, 3.05) is 20.3 Å². The standard InChI is InChI=1S/C21H28BrNO3.ClH/c1-16(2)25-11-7-10-23-14-18-12-19(22)13-20(24-3)21(18)26-15-17-8-5-4-6-9-17;/h4-6,8-9,12-13,16,23H,7,10-11,14-15H2,1-3H3;1H. The van der Waals surface area contributed by atoms with E-state index in [1.54, 1.807) is 7.11 Å². The maximum Gasteiger partial charge on any atom is 0.166 e. The number of halogens is 2. The molecule has 0 heterocycles. The highest BCUT2D eigenvalue weighted by Gasteiger charge is 2.13. The molecule has 1 N–H and O–H groups in total. The van der Waals surface area contributed by atoms with Crippen LogP contribution in [0.5, 0.6) is 11.5 Å². The SMILES string of the molecule is COc1cc(Br)cc(CNCCCOC(C)C)c1OCc1ccccc1.Cl. The zero-order valence-electron chi connectivity index (χ0n) is 16.2. The van der Waals surface area contributed by atoms with Gasteiger partial charge in [0.15, 0.2) is 11.5 Å². The van der Waals surface area contributed by atoms with Crippen LogP contribution in [-0.2, 0) is 17.9 Å². The third kappa shape index (κ3) is 8.52. The largest absolute Gasteiger partial charge is 0.493 e. The predicted octanol–water partition coefficient (Wildman–Crippen LogP) is 5.36. The van der Waals surface area contributed by atoms with E-state index >= 15 is 0 Å². The second-order valence-electron chi connectivity index (χ2n) is 6.32. The fraction of sp³-hybridized carbons (Fsp3) is 0.429. The Balaban J connectivity index is 0.00000364. The second kappa shape index (κ2) is 13.0. The Morgan fingerprint density at radius 3 is 2.52 bits per heavy atom. The molecule has 0 aliphatic rings. The van der Waals surface area contributed by atoms with Gasteiger partial charge in [-0.1, -0.05) is 46.3 Å². The second-order valence-corrected chi connectivity index (χ2v) is 7.24. The molecule has 0 spiro atoms. The average Bonchev–Trinajstić information content (AvgIpc) is 2.63. The first kappa shape index (κ1) is 23.8. The molecule has 0 atom stereocenters. The minimum absolute atomic E-state index is 0. The first-order valence-electron chi connectivity index (χ1n) is 8.95. The van der Waals surface area contributed by atoms with E-state index in [0.717, 1.165) is 46.7 Å². The molecule has 2 rings (SSSR count). The lowest BCUT2D eigenvalue weighted by molar-refractivity contribution is 0.0770. The molecule has 0 fully saturated rings. The Bertz CT molecular complexity index is 668. The fourth-order valence-electron chi connectivity index (χ4n) is 2.54. The monoisotopic (exact) mass is 457 g/mol. The van der Waals surface area contributed by atoms with Crippen molar-refractivity contribution in [2.24, 2.45) is 0 Å². The quantitative estimate of drug-likeness (QED) is 0.460. The van der Waals surface area contributed by atoms with Crippen molar-refractivity contribution >= 4 is 28.3 Å². The lowest BCUT2D eigenvalue weighted by atomic mass is 10.1. The third-order valence-corrected chi connectivity index (χ3v) is 4.26. The van der Waals surface area contributed by atoms with Gasteiger partial charge in [-0.25, -0.2) is 0 Å². The molecule has 0 bridgehead atoms. The molecular weight excluding hydrogens is 430 g/mol. The number of ether oxygens (including phenoxy) is 3. The van der Waals surface area contributed by atoms with Crippen molar-refractivity contribution in [3.63, 3.8) is 0 Å². The number of methoxy groups -OCH3 is 1. The zero-order chi connectivity index (χ0) is 18.8. The molecule has 2 aromatic carbocycles. The molecular formula is C21H29BrClNO3. The highest BCUT2D eigenvalue weighted by molar-refractivity contribution is 9.10. The molecule has 0 aliphatic carbocycles. The van der Waals surface area contributed by atoms with Crippen LogP contribution in [0.15, 0.2) is 46.9 Å². The molecule has 0 aromatic heterocycles. The highest BCUT2D eigenvalue weighted by Crippen LogP contribution is 2.35. The number of rotatable bonds is 11. The van der Waals surface area contributed by atoms with Gasteiger partial charge in [0.25, 0.3) is 0 Å². The van der Waals surface area contributed by atoms with Crippen LogP contribution in [0.1, 0.15) is 31.4 Å². The van der Waals surface area contributed by atoms with Gasteiger partial charge in [0.05, 0.1) is 13.2 Å². The topological polar surface area (TPSA) is 39.7 Å². The van der Waals surface area contributed by atoms with Gasteiger partial charge in [-0.15, -0.1) is 12.4 Å². The Morgan fingerprint density at radius 2 is 1.85 bits per heavy atom. The smallest absolute Gasteiger partial charge is 0.166 e. The number of benzene rings is 2. The number of nitrogens with one attached hydrogen (secondary N) is 1. The van der Waals surface area contributed by atoms with Gasteiger partial charge in [-0.2, -0.15) is 0 Å². The summed E-state index contributed by atoms with van der Waals surface area (Å²) >= 11 is 3.55.